The maximum atomic E-state index is 12.8. The van der Waals surface area contributed by atoms with Gasteiger partial charge in [-0.25, -0.2) is 0 Å². The van der Waals surface area contributed by atoms with Crippen molar-refractivity contribution in [3.05, 3.63) is 12.2 Å². The van der Waals surface area contributed by atoms with Gasteiger partial charge in [-0.15, -0.1) is 0 Å². The van der Waals surface area contributed by atoms with E-state index in [1.807, 2.05) is 0 Å². The van der Waals surface area contributed by atoms with Crippen molar-refractivity contribution in [1.29, 1.82) is 0 Å². The van der Waals surface area contributed by atoms with Crippen molar-refractivity contribution in [2.75, 3.05) is 13.2 Å². The summed E-state index contributed by atoms with van der Waals surface area (Å²) in [5.41, 5.74) is 0. The van der Waals surface area contributed by atoms with Gasteiger partial charge in [-0.05, 0) is 44.9 Å². The number of hydrogen-bond donors (Lipinski definition) is 0. The molecule has 0 aromatic carbocycles. The first-order chi connectivity index (χ1) is 35.5. The van der Waals surface area contributed by atoms with Crippen molar-refractivity contribution in [2.45, 2.75) is 380 Å². The van der Waals surface area contributed by atoms with Crippen molar-refractivity contribution in [1.82, 2.24) is 0 Å². The minimum absolute atomic E-state index is 0.0679. The van der Waals surface area contributed by atoms with E-state index in [1.165, 1.54) is 270 Å². The van der Waals surface area contributed by atoms with Crippen LogP contribution < -0.4 is 0 Å². The van der Waals surface area contributed by atoms with Crippen LogP contribution in [0.5, 0.6) is 0 Å². The van der Waals surface area contributed by atoms with E-state index in [9.17, 15) is 14.4 Å². The molecule has 0 fully saturated rings. The quantitative estimate of drug-likeness (QED) is 0.0261. The number of esters is 3. The van der Waals surface area contributed by atoms with Crippen LogP contribution in [0.3, 0.4) is 0 Å². The fraction of sp³-hybridized carbons (Fsp3) is 0.924. The zero-order valence-electron chi connectivity index (χ0n) is 49.0. The summed E-state index contributed by atoms with van der Waals surface area (Å²) in [5, 5.41) is 0. The maximum absolute atomic E-state index is 12.8. The molecule has 1 unspecified atom stereocenters. The Bertz CT molecular complexity index is 1120. The number of carbonyl (C=O) groups is 3. The molecule has 0 saturated heterocycles. The van der Waals surface area contributed by atoms with Gasteiger partial charge in [0.1, 0.15) is 13.2 Å². The van der Waals surface area contributed by atoms with E-state index >= 15 is 0 Å². The van der Waals surface area contributed by atoms with Crippen molar-refractivity contribution in [3.8, 4) is 0 Å². The topological polar surface area (TPSA) is 78.9 Å². The highest BCUT2D eigenvalue weighted by Crippen LogP contribution is 2.18. The van der Waals surface area contributed by atoms with Crippen LogP contribution in [0.15, 0.2) is 12.2 Å². The summed E-state index contributed by atoms with van der Waals surface area (Å²) in [6, 6.07) is 0. The molecule has 0 aromatic heterocycles. The molecule has 0 rings (SSSR count). The first kappa shape index (κ1) is 70.1. The molecule has 0 aliphatic heterocycles. The summed E-state index contributed by atoms with van der Waals surface area (Å²) in [6.45, 7) is 6.66. The average Bonchev–Trinajstić information content (AvgIpc) is 3.38. The van der Waals surface area contributed by atoms with Crippen molar-refractivity contribution < 1.29 is 28.6 Å². The fourth-order valence-corrected chi connectivity index (χ4v) is 10.1. The van der Waals surface area contributed by atoms with Gasteiger partial charge in [-0.2, -0.15) is 0 Å². The van der Waals surface area contributed by atoms with Crippen molar-refractivity contribution >= 4 is 17.9 Å². The molecule has 0 aromatic rings. The van der Waals surface area contributed by atoms with Gasteiger partial charge in [-0.1, -0.05) is 322 Å². The second kappa shape index (κ2) is 61.7. The van der Waals surface area contributed by atoms with Crippen molar-refractivity contribution in [3.63, 3.8) is 0 Å². The largest absolute Gasteiger partial charge is 0.462 e. The van der Waals surface area contributed by atoms with Crippen LogP contribution in [0.25, 0.3) is 0 Å². The van der Waals surface area contributed by atoms with Gasteiger partial charge >= 0.3 is 17.9 Å². The van der Waals surface area contributed by atoms with Crippen LogP contribution in [0.2, 0.25) is 0 Å². The van der Waals surface area contributed by atoms with Gasteiger partial charge in [-0.3, -0.25) is 14.4 Å². The van der Waals surface area contributed by atoms with Gasteiger partial charge in [0.05, 0.1) is 0 Å². The lowest BCUT2D eigenvalue weighted by molar-refractivity contribution is -0.167. The molecule has 72 heavy (non-hydrogen) atoms. The fourth-order valence-electron chi connectivity index (χ4n) is 10.1. The van der Waals surface area contributed by atoms with E-state index in [-0.39, 0.29) is 31.1 Å². The van der Waals surface area contributed by atoms with Crippen LogP contribution in [0.1, 0.15) is 374 Å². The van der Waals surface area contributed by atoms with Crippen LogP contribution in [0.4, 0.5) is 0 Å². The summed E-state index contributed by atoms with van der Waals surface area (Å²) in [7, 11) is 0. The third-order valence-electron chi connectivity index (χ3n) is 15.0. The predicted molar refractivity (Wildman–Crippen MR) is 312 cm³/mol. The highest BCUT2D eigenvalue weighted by Gasteiger charge is 2.19. The van der Waals surface area contributed by atoms with E-state index in [1.54, 1.807) is 0 Å². The lowest BCUT2D eigenvalue weighted by Crippen LogP contribution is -2.30. The summed E-state index contributed by atoms with van der Waals surface area (Å²) in [4.78, 5) is 38.0. The molecule has 0 N–H and O–H groups in total. The molecule has 0 bridgehead atoms. The Morgan fingerprint density at radius 3 is 0.694 bits per heavy atom. The summed E-state index contributed by atoms with van der Waals surface area (Å²) in [6.07, 6.45) is 72.6. The Kier molecular flexibility index (Phi) is 60.1. The van der Waals surface area contributed by atoms with E-state index in [0.29, 0.717) is 19.3 Å². The van der Waals surface area contributed by atoms with Crippen LogP contribution in [0, 0.1) is 0 Å². The molecular formula is C66H126O6. The second-order valence-electron chi connectivity index (χ2n) is 22.4. The molecule has 1 atom stereocenters. The summed E-state index contributed by atoms with van der Waals surface area (Å²) in [5.74, 6) is -0.857. The van der Waals surface area contributed by atoms with E-state index in [0.717, 1.165) is 64.2 Å². The smallest absolute Gasteiger partial charge is 0.306 e. The molecule has 0 spiro atoms. The molecule has 0 saturated carbocycles. The van der Waals surface area contributed by atoms with E-state index < -0.39 is 6.10 Å². The molecule has 0 aliphatic rings. The van der Waals surface area contributed by atoms with Gasteiger partial charge < -0.3 is 14.2 Å². The number of carbonyl (C=O) groups excluding carboxylic acids is 3. The lowest BCUT2D eigenvalue weighted by atomic mass is 10.0. The predicted octanol–water partition coefficient (Wildman–Crippen LogP) is 22.1. The van der Waals surface area contributed by atoms with E-state index in [4.69, 9.17) is 14.2 Å². The molecular weight excluding hydrogens is 889 g/mol. The average molecular weight is 1020 g/mol. The zero-order chi connectivity index (χ0) is 52.2. The molecule has 426 valence electrons. The highest BCUT2D eigenvalue weighted by molar-refractivity contribution is 5.71. The minimum atomic E-state index is -0.768. The van der Waals surface area contributed by atoms with Gasteiger partial charge in [0.2, 0.25) is 0 Å². The SMILES string of the molecule is CCCCCCCC/C=C\CCCCCCCC(=O)OC(COC(=O)CCCCCCCCCC)COC(=O)CCCCCCCCCCCCCCCCCCCCCCCCCCCCCCCCC. The Hall–Kier alpha value is -1.85. The number of allylic oxidation sites excluding steroid dienone is 2. The number of hydrogen-bond acceptors (Lipinski definition) is 6. The molecule has 0 amide bonds. The van der Waals surface area contributed by atoms with Gasteiger partial charge in [0.25, 0.3) is 0 Å². The Labute approximate surface area is 450 Å². The Morgan fingerprint density at radius 2 is 0.458 bits per heavy atom. The molecule has 6 nitrogen and oxygen atoms in total. The first-order valence-electron chi connectivity index (χ1n) is 32.7. The lowest BCUT2D eigenvalue weighted by Gasteiger charge is -2.18. The Balaban J connectivity index is 3.98. The second-order valence-corrected chi connectivity index (χ2v) is 22.4. The molecule has 0 radical (unpaired) electrons. The molecule has 6 heteroatoms. The standard InChI is InChI=1S/C66H126O6/c1-4-7-10-13-16-19-21-23-25-26-27-28-29-30-31-32-33-34-35-36-37-38-39-40-42-43-45-47-50-53-56-59-65(68)71-62-63(61-70-64(67)58-55-52-49-18-15-12-9-6-3)72-66(69)60-57-54-51-48-46-44-41-24-22-20-17-14-11-8-5-2/h24,41,63H,4-23,25-40,42-62H2,1-3H3/b41-24-. The maximum Gasteiger partial charge on any atom is 0.306 e. The van der Waals surface area contributed by atoms with Crippen LogP contribution in [-0.2, 0) is 28.6 Å². The third-order valence-corrected chi connectivity index (χ3v) is 15.0. The third kappa shape index (κ3) is 59.0. The first-order valence-corrected chi connectivity index (χ1v) is 32.7. The monoisotopic (exact) mass is 1010 g/mol. The van der Waals surface area contributed by atoms with Gasteiger partial charge in [0, 0.05) is 19.3 Å². The molecule has 0 heterocycles. The Morgan fingerprint density at radius 1 is 0.264 bits per heavy atom. The van der Waals surface area contributed by atoms with Crippen LogP contribution >= 0.6 is 0 Å². The molecule has 0 aliphatic carbocycles. The zero-order valence-corrected chi connectivity index (χ0v) is 49.0. The summed E-state index contributed by atoms with van der Waals surface area (Å²) >= 11 is 0. The van der Waals surface area contributed by atoms with Crippen molar-refractivity contribution in [2.24, 2.45) is 0 Å². The highest BCUT2D eigenvalue weighted by atomic mass is 16.6. The number of ether oxygens (including phenoxy) is 3. The minimum Gasteiger partial charge on any atom is -0.462 e. The summed E-state index contributed by atoms with van der Waals surface area (Å²) < 4.78 is 16.8. The van der Waals surface area contributed by atoms with E-state index in [2.05, 4.69) is 32.9 Å². The number of unbranched alkanes of at least 4 members (excludes halogenated alkanes) is 48. The number of rotatable bonds is 61. The van der Waals surface area contributed by atoms with Gasteiger partial charge in [0.15, 0.2) is 6.10 Å². The van der Waals surface area contributed by atoms with Crippen LogP contribution in [-0.4, -0.2) is 37.2 Å². The normalized spacial score (nSPS) is 12.0.